The Bertz CT molecular complexity index is 1360. The van der Waals surface area contributed by atoms with Crippen LogP contribution >= 0.6 is 11.6 Å². The van der Waals surface area contributed by atoms with Gasteiger partial charge in [-0.15, -0.1) is 0 Å². The molecule has 2 aromatic carbocycles. The van der Waals surface area contributed by atoms with Crippen LogP contribution in [0.4, 0.5) is 35.2 Å². The molecule has 1 aromatic heterocycles. The van der Waals surface area contributed by atoms with E-state index < -0.39 is 28.8 Å². The van der Waals surface area contributed by atoms with Crippen LogP contribution in [-0.4, -0.2) is 35.2 Å². The van der Waals surface area contributed by atoms with Gasteiger partial charge in [0.2, 0.25) is 5.91 Å². The van der Waals surface area contributed by atoms with E-state index in [0.717, 1.165) is 12.1 Å². The first-order valence-corrected chi connectivity index (χ1v) is 12.1. The van der Waals surface area contributed by atoms with Crippen LogP contribution in [0.2, 0.25) is 5.02 Å². The number of unbranched alkanes of at least 4 members (excludes halogenated alkanes) is 1. The van der Waals surface area contributed by atoms with Gasteiger partial charge in [-0.3, -0.25) is 9.69 Å². The van der Waals surface area contributed by atoms with E-state index in [1.807, 2.05) is 0 Å². The van der Waals surface area contributed by atoms with E-state index in [4.69, 9.17) is 21.6 Å². The highest BCUT2D eigenvalue weighted by Crippen LogP contribution is 2.36. The molecule has 0 saturated carbocycles. The number of benzene rings is 2. The molecular formula is C26H24ClF3N4O6. The lowest BCUT2D eigenvalue weighted by Crippen LogP contribution is -2.26. The molecule has 0 radical (unpaired) electrons. The summed E-state index contributed by atoms with van der Waals surface area (Å²) >= 11 is 5.59. The first kappa shape index (κ1) is 30.2. The molecule has 3 rings (SSSR count). The topological polar surface area (TPSA) is 130 Å². The predicted molar refractivity (Wildman–Crippen MR) is 140 cm³/mol. The van der Waals surface area contributed by atoms with E-state index in [1.165, 1.54) is 29.3 Å². The van der Waals surface area contributed by atoms with Crippen molar-refractivity contribution in [3.05, 3.63) is 71.4 Å². The average molecular weight is 581 g/mol. The molecular weight excluding hydrogens is 557 g/mol. The van der Waals surface area contributed by atoms with Crippen LogP contribution in [0.15, 0.2) is 60.8 Å². The highest BCUT2D eigenvalue weighted by Gasteiger charge is 2.33. The molecule has 1 heterocycles. The van der Waals surface area contributed by atoms with E-state index in [1.54, 1.807) is 31.3 Å². The number of pyridine rings is 1. The number of aromatic nitrogens is 1. The number of hydrogen-bond donors (Lipinski definition) is 3. The Kier molecular flexibility index (Phi) is 10.3. The Balaban J connectivity index is 1.54. The van der Waals surface area contributed by atoms with Crippen molar-refractivity contribution < 1.29 is 42.4 Å². The average Bonchev–Trinajstić information content (AvgIpc) is 2.92. The van der Waals surface area contributed by atoms with Gasteiger partial charge in [0.1, 0.15) is 17.3 Å². The van der Waals surface area contributed by atoms with E-state index in [0.29, 0.717) is 35.8 Å². The zero-order valence-electron chi connectivity index (χ0n) is 21.0. The van der Waals surface area contributed by atoms with Crippen LogP contribution in [0.25, 0.3) is 0 Å². The van der Waals surface area contributed by atoms with Crippen molar-refractivity contribution >= 4 is 46.7 Å². The van der Waals surface area contributed by atoms with Crippen molar-refractivity contribution in [3.8, 4) is 11.5 Å². The van der Waals surface area contributed by atoms with Gasteiger partial charge in [-0.25, -0.2) is 14.6 Å². The van der Waals surface area contributed by atoms with Crippen LogP contribution in [0, 0.1) is 0 Å². The van der Waals surface area contributed by atoms with Crippen LogP contribution in [0.3, 0.4) is 0 Å². The Hall–Kier alpha value is -4.36. The standard InChI is InChI=1S/C26H24ClF3N4O6/c1-34(23(35)4-2-3-5-24(36)40-38)22-15-19(12-13-31-22)39-18-9-6-16(7-10-18)32-25(37)33-17-8-11-21(27)20(14-17)26(28,29)30/h6-15,38H,2-5H2,1H3,(H2,32,33,37). The molecule has 0 saturated heterocycles. The number of nitrogens with zero attached hydrogens (tertiary/aromatic N) is 2. The van der Waals surface area contributed by atoms with Gasteiger partial charge in [-0.1, -0.05) is 11.6 Å². The SMILES string of the molecule is CN(C(=O)CCCCC(=O)OO)c1cc(Oc2ccc(NC(=O)Nc3ccc(Cl)c(C(F)(F)F)c3)cc2)ccn1. The highest BCUT2D eigenvalue weighted by atomic mass is 35.5. The number of amides is 3. The minimum Gasteiger partial charge on any atom is -0.457 e. The summed E-state index contributed by atoms with van der Waals surface area (Å²) < 4.78 is 44.9. The highest BCUT2D eigenvalue weighted by molar-refractivity contribution is 6.31. The molecule has 0 aliphatic heterocycles. The van der Waals surface area contributed by atoms with Crippen LogP contribution in [-0.2, 0) is 20.7 Å². The molecule has 0 unspecified atom stereocenters. The Morgan fingerprint density at radius 3 is 2.27 bits per heavy atom. The van der Waals surface area contributed by atoms with Crippen LogP contribution in [0.1, 0.15) is 31.2 Å². The molecule has 0 atom stereocenters. The monoisotopic (exact) mass is 580 g/mol. The van der Waals surface area contributed by atoms with Gasteiger partial charge in [0.15, 0.2) is 0 Å². The van der Waals surface area contributed by atoms with Crippen molar-refractivity contribution in [2.45, 2.75) is 31.9 Å². The minimum atomic E-state index is -4.67. The Labute approximate surface area is 231 Å². The Morgan fingerprint density at radius 1 is 0.950 bits per heavy atom. The van der Waals surface area contributed by atoms with E-state index in [2.05, 4.69) is 20.5 Å². The minimum absolute atomic E-state index is 0.000792. The van der Waals surface area contributed by atoms with E-state index in [9.17, 15) is 27.6 Å². The molecule has 0 aliphatic rings. The van der Waals surface area contributed by atoms with Gasteiger partial charge in [0.05, 0.1) is 10.6 Å². The van der Waals surface area contributed by atoms with Crippen molar-refractivity contribution in [2.24, 2.45) is 0 Å². The summed E-state index contributed by atoms with van der Waals surface area (Å²) in [5, 5.41) is 12.6. The lowest BCUT2D eigenvalue weighted by atomic mass is 10.2. The fourth-order valence-electron chi connectivity index (χ4n) is 3.39. The fourth-order valence-corrected chi connectivity index (χ4v) is 3.61. The largest absolute Gasteiger partial charge is 0.457 e. The number of anilines is 3. The summed E-state index contributed by atoms with van der Waals surface area (Å²) in [5.74, 6) is 0.129. The molecule has 0 bridgehead atoms. The second-order valence-corrected chi connectivity index (χ2v) is 8.78. The van der Waals surface area contributed by atoms with Crippen LogP contribution < -0.4 is 20.3 Å². The maximum atomic E-state index is 13.0. The quantitative estimate of drug-likeness (QED) is 0.138. The second kappa shape index (κ2) is 13.6. The van der Waals surface area contributed by atoms with E-state index >= 15 is 0 Å². The third-order valence-electron chi connectivity index (χ3n) is 5.44. The molecule has 3 amide bonds. The number of carbonyl (C=O) groups excluding carboxylic acids is 3. The molecule has 14 heteroatoms. The lowest BCUT2D eigenvalue weighted by molar-refractivity contribution is -0.234. The number of alkyl halides is 3. The molecule has 3 N–H and O–H groups in total. The summed E-state index contributed by atoms with van der Waals surface area (Å²) in [7, 11) is 1.55. The third kappa shape index (κ3) is 8.85. The number of ether oxygens (including phenoxy) is 1. The fraction of sp³-hybridized carbons (Fsp3) is 0.231. The molecule has 40 heavy (non-hydrogen) atoms. The summed E-state index contributed by atoms with van der Waals surface area (Å²) in [6, 6.07) is 11.6. The summed E-state index contributed by atoms with van der Waals surface area (Å²) in [4.78, 5) is 44.7. The van der Waals surface area contributed by atoms with Crippen LogP contribution in [0.5, 0.6) is 11.5 Å². The number of carbonyl (C=O) groups is 3. The Morgan fingerprint density at radius 2 is 1.60 bits per heavy atom. The summed E-state index contributed by atoms with van der Waals surface area (Å²) in [5.41, 5.74) is -0.800. The molecule has 3 aromatic rings. The summed E-state index contributed by atoms with van der Waals surface area (Å²) in [6.07, 6.45) is -2.25. The molecule has 0 aliphatic carbocycles. The first-order chi connectivity index (χ1) is 19.0. The summed E-state index contributed by atoms with van der Waals surface area (Å²) in [6.45, 7) is 0. The van der Waals surface area contributed by atoms with Gasteiger partial charge in [0.25, 0.3) is 0 Å². The molecule has 10 nitrogen and oxygen atoms in total. The smallest absolute Gasteiger partial charge is 0.417 e. The van der Waals surface area contributed by atoms with Crippen molar-refractivity contribution in [1.29, 1.82) is 0 Å². The number of nitrogens with one attached hydrogen (secondary N) is 2. The van der Waals surface area contributed by atoms with Crippen molar-refractivity contribution in [2.75, 3.05) is 22.6 Å². The maximum absolute atomic E-state index is 13.0. The number of halogens is 4. The van der Waals surface area contributed by atoms with Gasteiger partial charge in [-0.2, -0.15) is 18.4 Å². The third-order valence-corrected chi connectivity index (χ3v) is 5.77. The van der Waals surface area contributed by atoms with E-state index in [-0.39, 0.29) is 24.4 Å². The van der Waals surface area contributed by atoms with Crippen molar-refractivity contribution in [3.63, 3.8) is 0 Å². The number of hydrogen-bond acceptors (Lipinski definition) is 7. The van der Waals surface area contributed by atoms with Gasteiger partial charge in [0, 0.05) is 43.5 Å². The van der Waals surface area contributed by atoms with Gasteiger partial charge < -0.3 is 20.3 Å². The number of rotatable bonds is 10. The second-order valence-electron chi connectivity index (χ2n) is 8.37. The molecule has 0 spiro atoms. The van der Waals surface area contributed by atoms with Gasteiger partial charge >= 0.3 is 18.2 Å². The van der Waals surface area contributed by atoms with Gasteiger partial charge in [-0.05, 0) is 61.4 Å². The lowest BCUT2D eigenvalue weighted by Gasteiger charge is -2.17. The first-order valence-electron chi connectivity index (χ1n) is 11.8. The van der Waals surface area contributed by atoms with Crippen molar-refractivity contribution in [1.82, 2.24) is 4.98 Å². The predicted octanol–water partition coefficient (Wildman–Crippen LogP) is 6.73. The zero-order chi connectivity index (χ0) is 29.3. The zero-order valence-corrected chi connectivity index (χ0v) is 21.8. The molecule has 212 valence electrons. The molecule has 0 fully saturated rings. The number of urea groups is 1. The normalized spacial score (nSPS) is 10.9. The maximum Gasteiger partial charge on any atom is 0.417 e.